The zero-order valence-electron chi connectivity index (χ0n) is 26.3. The van der Waals surface area contributed by atoms with Crippen molar-refractivity contribution in [1.29, 1.82) is 0 Å². The highest BCUT2D eigenvalue weighted by molar-refractivity contribution is 14.1. The summed E-state index contributed by atoms with van der Waals surface area (Å²) in [6.45, 7) is 17.5. The molecule has 0 bridgehead atoms. The van der Waals surface area contributed by atoms with E-state index in [1.54, 1.807) is 31.4 Å². The van der Waals surface area contributed by atoms with E-state index >= 15 is 0 Å². The highest BCUT2D eigenvalue weighted by Gasteiger charge is 2.43. The molecular weight excluding hydrogens is 659 g/mol. The topological polar surface area (TPSA) is 71.1 Å². The standard InChI is InChI=1S/C34H47IO6Si/c1-9-14-40-33(37)26-18-25-20-32(39-15-12-10-11-13-35)31(38-6)22-27(25)29(36)19-24-16-23(2)17-28(24)30(21-26)41-42(7,8)34(3,4)5/h9,16,18-20,22,28,30H,1,10-15,17,21H2,2-8H3/b24-19-,26-18-/t28-,30?/m1/s1. The van der Waals surface area contributed by atoms with E-state index in [-0.39, 0.29) is 29.5 Å². The van der Waals surface area contributed by atoms with Crippen molar-refractivity contribution in [2.24, 2.45) is 5.92 Å². The molecule has 6 nitrogen and oxygen atoms in total. The first-order valence-corrected chi connectivity index (χ1v) is 19.2. The maximum atomic E-state index is 13.9. The highest BCUT2D eigenvalue weighted by atomic mass is 127. The summed E-state index contributed by atoms with van der Waals surface area (Å²) >= 11 is 2.38. The Labute approximate surface area is 266 Å². The van der Waals surface area contributed by atoms with Gasteiger partial charge in [0.2, 0.25) is 0 Å². The van der Waals surface area contributed by atoms with Gasteiger partial charge in [0.25, 0.3) is 0 Å². The molecule has 0 radical (unpaired) electrons. The zero-order valence-corrected chi connectivity index (χ0v) is 29.5. The molecule has 0 saturated heterocycles. The van der Waals surface area contributed by atoms with Gasteiger partial charge < -0.3 is 18.6 Å². The molecule has 0 N–H and O–H groups in total. The number of ether oxygens (including phenoxy) is 3. The minimum atomic E-state index is -2.23. The second-order valence-electron chi connectivity index (χ2n) is 12.7. The van der Waals surface area contributed by atoms with Gasteiger partial charge in [0, 0.05) is 23.5 Å². The highest BCUT2D eigenvalue weighted by Crippen LogP contribution is 2.44. The van der Waals surface area contributed by atoms with Gasteiger partial charge in [-0.05, 0) is 90.6 Å². The molecule has 0 saturated carbocycles. The summed E-state index contributed by atoms with van der Waals surface area (Å²) in [5, 5.41) is -0.0254. The van der Waals surface area contributed by atoms with Crippen molar-refractivity contribution in [1.82, 2.24) is 0 Å². The number of allylic oxidation sites excluding steroid dienone is 3. The fraction of sp³-hybridized carbons (Fsp3) is 0.529. The van der Waals surface area contributed by atoms with Gasteiger partial charge in [-0.25, -0.2) is 4.79 Å². The Bertz CT molecular complexity index is 1250. The van der Waals surface area contributed by atoms with E-state index in [1.807, 2.05) is 6.07 Å². The smallest absolute Gasteiger partial charge is 0.334 e. The van der Waals surface area contributed by atoms with Crippen LogP contribution in [0.1, 0.15) is 75.7 Å². The lowest BCUT2D eigenvalue weighted by atomic mass is 9.86. The Morgan fingerprint density at radius 1 is 1.10 bits per heavy atom. The van der Waals surface area contributed by atoms with Crippen molar-refractivity contribution in [3.63, 3.8) is 0 Å². The van der Waals surface area contributed by atoms with Gasteiger partial charge in [0.1, 0.15) is 6.61 Å². The Morgan fingerprint density at radius 3 is 2.48 bits per heavy atom. The zero-order chi connectivity index (χ0) is 31.1. The molecule has 1 unspecified atom stereocenters. The van der Waals surface area contributed by atoms with Crippen LogP contribution in [-0.2, 0) is 14.0 Å². The van der Waals surface area contributed by atoms with Crippen LogP contribution in [0.15, 0.2) is 53.7 Å². The number of methoxy groups -OCH3 is 1. The van der Waals surface area contributed by atoms with E-state index in [4.69, 9.17) is 18.6 Å². The largest absolute Gasteiger partial charge is 0.493 e. The SMILES string of the molecule is C=CCOC(=O)/C1=C\c2cc(OCCCCCI)c(OC)cc2C(=O)/C=C2/C=C(C)C[C@H]2C(O[Si](C)(C)C(C)(C)C)C1. The number of hydrogen-bond acceptors (Lipinski definition) is 6. The Kier molecular flexibility index (Phi) is 12.3. The average Bonchev–Trinajstić information content (AvgIpc) is 3.29. The van der Waals surface area contributed by atoms with Gasteiger partial charge in [0.05, 0.1) is 19.8 Å². The number of alkyl halides is 1. The summed E-state index contributed by atoms with van der Waals surface area (Å²) in [7, 11) is -0.661. The number of benzene rings is 1. The predicted octanol–water partition coefficient (Wildman–Crippen LogP) is 8.66. The number of ketones is 1. The van der Waals surface area contributed by atoms with Crippen LogP contribution in [0, 0.1) is 5.92 Å². The predicted molar refractivity (Wildman–Crippen MR) is 181 cm³/mol. The van der Waals surface area contributed by atoms with Gasteiger partial charge in [-0.2, -0.15) is 0 Å². The van der Waals surface area contributed by atoms with Crippen LogP contribution in [0.25, 0.3) is 6.08 Å². The van der Waals surface area contributed by atoms with E-state index in [1.165, 1.54) is 5.57 Å². The minimum absolute atomic E-state index is 0.0254. The van der Waals surface area contributed by atoms with Crippen LogP contribution < -0.4 is 9.47 Å². The first-order chi connectivity index (χ1) is 19.8. The molecule has 8 heteroatoms. The normalized spacial score (nSPS) is 21.6. The molecule has 2 atom stereocenters. The number of hydrogen-bond donors (Lipinski definition) is 0. The van der Waals surface area contributed by atoms with Crippen molar-refractivity contribution < 1.29 is 28.2 Å². The summed E-state index contributed by atoms with van der Waals surface area (Å²) in [6.07, 6.45) is 11.1. The Balaban J connectivity index is 2.17. The Hall–Kier alpha value is -2.17. The fourth-order valence-electron chi connectivity index (χ4n) is 5.03. The summed E-state index contributed by atoms with van der Waals surface area (Å²) in [6, 6.07) is 3.53. The first-order valence-electron chi connectivity index (χ1n) is 14.8. The second kappa shape index (κ2) is 15.0. The molecular formula is C34H47IO6Si. The summed E-state index contributed by atoms with van der Waals surface area (Å²) < 4.78 is 25.5. The molecule has 0 amide bonds. The van der Waals surface area contributed by atoms with Crippen molar-refractivity contribution in [3.8, 4) is 11.5 Å². The van der Waals surface area contributed by atoms with Crippen molar-refractivity contribution >= 4 is 48.7 Å². The van der Waals surface area contributed by atoms with Gasteiger partial charge in [0.15, 0.2) is 25.6 Å². The lowest BCUT2D eigenvalue weighted by Crippen LogP contribution is -2.46. The van der Waals surface area contributed by atoms with Crippen LogP contribution in [0.4, 0.5) is 0 Å². The second-order valence-corrected chi connectivity index (χ2v) is 18.5. The van der Waals surface area contributed by atoms with E-state index in [9.17, 15) is 9.59 Å². The van der Waals surface area contributed by atoms with Gasteiger partial charge in [-0.3, -0.25) is 4.79 Å². The van der Waals surface area contributed by atoms with Crippen LogP contribution in [-0.4, -0.2) is 50.9 Å². The quantitative estimate of drug-likeness (QED) is 0.0541. The van der Waals surface area contributed by atoms with Gasteiger partial charge in [-0.15, -0.1) is 0 Å². The maximum Gasteiger partial charge on any atom is 0.334 e. The average molecular weight is 707 g/mol. The maximum absolute atomic E-state index is 13.9. The summed E-state index contributed by atoms with van der Waals surface area (Å²) in [5.41, 5.74) is 3.62. The van der Waals surface area contributed by atoms with Gasteiger partial charge in [-0.1, -0.05) is 67.7 Å². The van der Waals surface area contributed by atoms with Crippen molar-refractivity contribution in [2.45, 2.75) is 84.0 Å². The monoisotopic (exact) mass is 706 g/mol. The van der Waals surface area contributed by atoms with Crippen LogP contribution >= 0.6 is 22.6 Å². The lowest BCUT2D eigenvalue weighted by Gasteiger charge is -2.41. The number of carbonyl (C=O) groups excluding carboxylic acids is 2. The first kappa shape index (κ1) is 34.3. The molecule has 0 aliphatic heterocycles. The molecule has 0 aromatic heterocycles. The molecule has 42 heavy (non-hydrogen) atoms. The number of rotatable bonds is 12. The van der Waals surface area contributed by atoms with Crippen LogP contribution in [0.2, 0.25) is 18.1 Å². The molecule has 1 aromatic carbocycles. The van der Waals surface area contributed by atoms with Crippen molar-refractivity contribution in [3.05, 3.63) is 64.8 Å². The van der Waals surface area contributed by atoms with Crippen molar-refractivity contribution in [2.75, 3.05) is 24.8 Å². The number of unbranched alkanes of at least 4 members (excludes halogenated alkanes) is 2. The third kappa shape index (κ3) is 8.69. The molecule has 0 heterocycles. The van der Waals surface area contributed by atoms with Gasteiger partial charge >= 0.3 is 5.97 Å². The van der Waals surface area contributed by atoms with E-state index in [0.717, 1.165) is 35.7 Å². The van der Waals surface area contributed by atoms with Crippen LogP contribution in [0.3, 0.4) is 0 Å². The number of esters is 1. The lowest BCUT2D eigenvalue weighted by molar-refractivity contribution is -0.138. The molecule has 2 aliphatic rings. The molecule has 1 aromatic rings. The van der Waals surface area contributed by atoms with E-state index in [0.29, 0.717) is 41.2 Å². The number of carbonyl (C=O) groups is 2. The van der Waals surface area contributed by atoms with E-state index < -0.39 is 14.3 Å². The third-order valence-electron chi connectivity index (χ3n) is 8.36. The van der Waals surface area contributed by atoms with E-state index in [2.05, 4.69) is 76.0 Å². The van der Waals surface area contributed by atoms with Crippen LogP contribution in [0.5, 0.6) is 11.5 Å². The summed E-state index contributed by atoms with van der Waals surface area (Å²) in [4.78, 5) is 27.4. The number of fused-ring (bicyclic) bond motifs is 2. The minimum Gasteiger partial charge on any atom is -0.493 e. The fourth-order valence-corrected chi connectivity index (χ4v) is 6.93. The number of halogens is 1. The third-order valence-corrected chi connectivity index (χ3v) is 13.6. The molecule has 2 aliphatic carbocycles. The Morgan fingerprint density at radius 2 is 1.83 bits per heavy atom. The molecule has 0 fully saturated rings. The molecule has 3 rings (SSSR count). The molecule has 230 valence electrons. The summed E-state index contributed by atoms with van der Waals surface area (Å²) in [5.74, 6) is 0.396. The molecule has 0 spiro atoms.